The fourth-order valence-electron chi connectivity index (χ4n) is 2.43. The molecule has 0 bridgehead atoms. The third-order valence-corrected chi connectivity index (χ3v) is 3.49. The molecular weight excluding hydrogens is 238 g/mol. The highest BCUT2D eigenvalue weighted by Crippen LogP contribution is 2.30. The van der Waals surface area contributed by atoms with E-state index in [0.717, 1.165) is 11.4 Å². The minimum atomic E-state index is 0.121. The van der Waals surface area contributed by atoms with Crippen molar-refractivity contribution in [1.29, 1.82) is 0 Å². The molecule has 1 aliphatic rings. The van der Waals surface area contributed by atoms with Crippen LogP contribution in [0.4, 0.5) is 5.69 Å². The summed E-state index contributed by atoms with van der Waals surface area (Å²) in [7, 11) is 1.99. The summed E-state index contributed by atoms with van der Waals surface area (Å²) >= 11 is 0. The molecule has 5 nitrogen and oxygen atoms in total. The molecular formula is C14H17N5. The molecule has 2 N–H and O–H groups in total. The second kappa shape index (κ2) is 4.42. The van der Waals surface area contributed by atoms with Crippen LogP contribution >= 0.6 is 0 Å². The molecule has 0 aliphatic carbocycles. The second-order valence-corrected chi connectivity index (χ2v) is 4.85. The zero-order chi connectivity index (χ0) is 13.4. The average molecular weight is 255 g/mol. The summed E-state index contributed by atoms with van der Waals surface area (Å²) < 4.78 is 2.01. The summed E-state index contributed by atoms with van der Waals surface area (Å²) in [6.45, 7) is 2.74. The maximum Gasteiger partial charge on any atom is 0.196 e. The molecule has 1 unspecified atom stereocenters. The average Bonchev–Trinajstić information content (AvgIpc) is 2.97. The Morgan fingerprint density at radius 1 is 1.26 bits per heavy atom. The number of imidazole rings is 1. The van der Waals surface area contributed by atoms with Gasteiger partial charge in [0.2, 0.25) is 0 Å². The van der Waals surface area contributed by atoms with Crippen molar-refractivity contribution >= 4 is 11.6 Å². The van der Waals surface area contributed by atoms with Gasteiger partial charge >= 0.3 is 0 Å². The number of nitrogens with zero attached hydrogens (tertiary/aromatic N) is 4. The van der Waals surface area contributed by atoms with Gasteiger partial charge in [0.1, 0.15) is 0 Å². The zero-order valence-corrected chi connectivity index (χ0v) is 11.1. The fourth-order valence-corrected chi connectivity index (χ4v) is 2.43. The molecule has 2 aromatic rings. The van der Waals surface area contributed by atoms with E-state index in [1.54, 1.807) is 6.33 Å². The number of hydrogen-bond acceptors (Lipinski definition) is 4. The lowest BCUT2D eigenvalue weighted by Crippen LogP contribution is -2.36. The van der Waals surface area contributed by atoms with Gasteiger partial charge in [-0.3, -0.25) is 4.99 Å². The second-order valence-electron chi connectivity index (χ2n) is 4.85. The zero-order valence-electron chi connectivity index (χ0n) is 11.1. The Morgan fingerprint density at radius 2 is 2.00 bits per heavy atom. The number of guanidine groups is 1. The van der Waals surface area contributed by atoms with Crippen LogP contribution in [-0.4, -0.2) is 22.1 Å². The van der Waals surface area contributed by atoms with E-state index in [0.29, 0.717) is 12.5 Å². The van der Waals surface area contributed by atoms with Crippen LogP contribution < -0.4 is 10.6 Å². The van der Waals surface area contributed by atoms with E-state index >= 15 is 0 Å². The molecule has 1 aliphatic heterocycles. The van der Waals surface area contributed by atoms with Gasteiger partial charge in [0.05, 0.1) is 30.8 Å². The Balaban J connectivity index is 1.99. The van der Waals surface area contributed by atoms with E-state index in [2.05, 4.69) is 46.1 Å². The molecule has 1 aromatic carbocycles. The van der Waals surface area contributed by atoms with Crippen molar-refractivity contribution in [2.24, 2.45) is 17.8 Å². The Kier molecular flexibility index (Phi) is 2.74. The molecule has 19 heavy (non-hydrogen) atoms. The lowest BCUT2D eigenvalue weighted by molar-refractivity contribution is 0.689. The van der Waals surface area contributed by atoms with Gasteiger partial charge in [-0.1, -0.05) is 17.7 Å². The van der Waals surface area contributed by atoms with E-state index in [9.17, 15) is 0 Å². The molecule has 0 amide bonds. The Hall–Kier alpha value is -2.30. The standard InChI is InChI=1S/C14H17N5/c1-10-3-5-11(6-4-10)19-13(8-17-14(19)15)12-7-16-9-18(12)2/h3-7,9,13H,8H2,1-2H3,(H2,15,17). The number of aliphatic imine (C=N–C) groups is 1. The topological polar surface area (TPSA) is 59.4 Å². The number of nitrogens with two attached hydrogens (primary N) is 1. The van der Waals surface area contributed by atoms with Crippen molar-refractivity contribution in [3.63, 3.8) is 0 Å². The molecule has 1 aromatic heterocycles. The first-order chi connectivity index (χ1) is 9.16. The monoisotopic (exact) mass is 255 g/mol. The minimum Gasteiger partial charge on any atom is -0.369 e. The third-order valence-electron chi connectivity index (χ3n) is 3.49. The summed E-state index contributed by atoms with van der Waals surface area (Å²) in [5.74, 6) is 0.565. The van der Waals surface area contributed by atoms with Gasteiger partial charge in [0.15, 0.2) is 5.96 Å². The number of hydrogen-bond donors (Lipinski definition) is 1. The Bertz CT molecular complexity index is 611. The molecule has 3 rings (SSSR count). The van der Waals surface area contributed by atoms with Crippen molar-refractivity contribution in [2.45, 2.75) is 13.0 Å². The number of rotatable bonds is 2. The maximum atomic E-state index is 6.04. The van der Waals surface area contributed by atoms with Crippen LogP contribution in [-0.2, 0) is 7.05 Å². The largest absolute Gasteiger partial charge is 0.369 e. The van der Waals surface area contributed by atoms with Gasteiger partial charge < -0.3 is 15.2 Å². The summed E-state index contributed by atoms with van der Waals surface area (Å²) in [5.41, 5.74) is 9.45. The predicted octanol–water partition coefficient (Wildman–Crippen LogP) is 1.60. The number of aromatic nitrogens is 2. The van der Waals surface area contributed by atoms with E-state index < -0.39 is 0 Å². The van der Waals surface area contributed by atoms with Crippen LogP contribution in [0.1, 0.15) is 17.3 Å². The lowest BCUT2D eigenvalue weighted by Gasteiger charge is -2.26. The highest BCUT2D eigenvalue weighted by atomic mass is 15.3. The van der Waals surface area contributed by atoms with Crippen LogP contribution in [0.2, 0.25) is 0 Å². The highest BCUT2D eigenvalue weighted by Gasteiger charge is 2.30. The smallest absolute Gasteiger partial charge is 0.196 e. The first-order valence-corrected chi connectivity index (χ1v) is 6.29. The van der Waals surface area contributed by atoms with E-state index in [1.807, 2.05) is 17.8 Å². The van der Waals surface area contributed by atoms with E-state index in [-0.39, 0.29) is 6.04 Å². The van der Waals surface area contributed by atoms with Gasteiger partial charge in [-0.05, 0) is 19.1 Å². The first kappa shape index (κ1) is 11.8. The molecule has 2 heterocycles. The van der Waals surface area contributed by atoms with Crippen LogP contribution in [0.3, 0.4) is 0 Å². The SMILES string of the molecule is Cc1ccc(N2C(N)=NCC2c2cncn2C)cc1. The molecule has 0 fully saturated rings. The van der Waals surface area contributed by atoms with Crippen molar-refractivity contribution in [2.75, 3.05) is 11.4 Å². The number of benzene rings is 1. The highest BCUT2D eigenvalue weighted by molar-refractivity contribution is 5.97. The van der Waals surface area contributed by atoms with Crippen molar-refractivity contribution in [3.05, 3.63) is 48.0 Å². The fraction of sp³-hybridized carbons (Fsp3) is 0.286. The molecule has 98 valence electrons. The van der Waals surface area contributed by atoms with Crippen molar-refractivity contribution < 1.29 is 0 Å². The molecule has 1 atom stereocenters. The van der Waals surface area contributed by atoms with E-state index in [4.69, 9.17) is 5.73 Å². The predicted molar refractivity (Wildman–Crippen MR) is 76.1 cm³/mol. The van der Waals surface area contributed by atoms with Crippen molar-refractivity contribution in [3.8, 4) is 0 Å². The molecule has 0 radical (unpaired) electrons. The molecule has 0 spiro atoms. The van der Waals surface area contributed by atoms with Crippen LogP contribution in [0.5, 0.6) is 0 Å². The summed E-state index contributed by atoms with van der Waals surface area (Å²) in [6, 6.07) is 8.44. The number of aryl methyl sites for hydroxylation is 2. The van der Waals surface area contributed by atoms with Gasteiger partial charge in [0.25, 0.3) is 0 Å². The Labute approximate surface area is 112 Å². The van der Waals surface area contributed by atoms with Gasteiger partial charge in [-0.2, -0.15) is 0 Å². The molecule has 5 heteroatoms. The van der Waals surface area contributed by atoms with Gasteiger partial charge in [0, 0.05) is 12.7 Å². The van der Waals surface area contributed by atoms with Crippen molar-refractivity contribution in [1.82, 2.24) is 9.55 Å². The van der Waals surface area contributed by atoms with Crippen LogP contribution in [0.15, 0.2) is 41.8 Å². The maximum absolute atomic E-state index is 6.04. The van der Waals surface area contributed by atoms with Gasteiger partial charge in [-0.15, -0.1) is 0 Å². The first-order valence-electron chi connectivity index (χ1n) is 6.29. The molecule has 0 saturated carbocycles. The summed E-state index contributed by atoms with van der Waals surface area (Å²) in [4.78, 5) is 10.6. The Morgan fingerprint density at radius 3 is 2.63 bits per heavy atom. The third kappa shape index (κ3) is 1.97. The summed E-state index contributed by atoms with van der Waals surface area (Å²) in [5, 5.41) is 0. The molecule has 0 saturated heterocycles. The minimum absolute atomic E-state index is 0.121. The quantitative estimate of drug-likeness (QED) is 0.886. The number of anilines is 1. The lowest BCUT2D eigenvalue weighted by atomic mass is 10.1. The van der Waals surface area contributed by atoms with Crippen LogP contribution in [0, 0.1) is 6.92 Å². The van der Waals surface area contributed by atoms with Crippen LogP contribution in [0.25, 0.3) is 0 Å². The van der Waals surface area contributed by atoms with E-state index in [1.165, 1.54) is 5.56 Å². The normalized spacial score (nSPS) is 18.7. The summed E-state index contributed by atoms with van der Waals surface area (Å²) in [6.07, 6.45) is 3.68. The van der Waals surface area contributed by atoms with Gasteiger partial charge in [-0.25, -0.2) is 4.98 Å².